The van der Waals surface area contributed by atoms with Crippen LogP contribution < -0.4 is 20.3 Å². The molecule has 36 heavy (non-hydrogen) atoms. The Morgan fingerprint density at radius 2 is 1.89 bits per heavy atom. The number of carbonyl (C=O) groups excluding carboxylic acids is 1. The van der Waals surface area contributed by atoms with E-state index in [0.29, 0.717) is 5.13 Å². The van der Waals surface area contributed by atoms with Gasteiger partial charge in [0.15, 0.2) is 5.82 Å². The van der Waals surface area contributed by atoms with E-state index in [-0.39, 0.29) is 18.0 Å². The predicted octanol–water partition coefficient (Wildman–Crippen LogP) is 5.62. The van der Waals surface area contributed by atoms with Crippen molar-refractivity contribution in [3.05, 3.63) is 53.6 Å². The number of rotatable bonds is 8. The van der Waals surface area contributed by atoms with Crippen LogP contribution in [0.3, 0.4) is 0 Å². The van der Waals surface area contributed by atoms with Crippen LogP contribution >= 0.6 is 11.3 Å². The van der Waals surface area contributed by atoms with Crippen LogP contribution in [-0.2, 0) is 11.2 Å². The van der Waals surface area contributed by atoms with Gasteiger partial charge >= 0.3 is 0 Å². The van der Waals surface area contributed by atoms with Crippen LogP contribution in [0.4, 0.5) is 16.6 Å². The van der Waals surface area contributed by atoms with Crippen molar-refractivity contribution in [2.24, 2.45) is 0 Å². The van der Waals surface area contributed by atoms with Crippen molar-refractivity contribution in [3.8, 4) is 17.0 Å². The van der Waals surface area contributed by atoms with E-state index in [2.05, 4.69) is 38.3 Å². The molecule has 0 spiro atoms. The van der Waals surface area contributed by atoms with Gasteiger partial charge in [-0.1, -0.05) is 36.5 Å². The van der Waals surface area contributed by atoms with Gasteiger partial charge in [-0.25, -0.2) is 4.98 Å². The third-order valence-corrected chi connectivity index (χ3v) is 6.78. The highest BCUT2D eigenvalue weighted by molar-refractivity contribution is 7.20. The number of methoxy groups -OCH3 is 1. The molecule has 190 valence electrons. The molecule has 0 bridgehead atoms. The molecule has 0 aliphatic heterocycles. The summed E-state index contributed by atoms with van der Waals surface area (Å²) in [6.45, 7) is 10.6. The molecule has 0 atom stereocenters. The third-order valence-electron chi connectivity index (χ3n) is 5.76. The maximum absolute atomic E-state index is 12.9. The average molecular weight is 507 g/mol. The third kappa shape index (κ3) is 5.46. The van der Waals surface area contributed by atoms with E-state index in [4.69, 9.17) is 14.8 Å². The zero-order valence-corrected chi connectivity index (χ0v) is 22.8. The van der Waals surface area contributed by atoms with Gasteiger partial charge in [0.2, 0.25) is 16.0 Å². The Hall–Kier alpha value is -3.59. The molecule has 4 aromatic rings. The Bertz CT molecular complexity index is 1370. The molecule has 2 aromatic carbocycles. The molecule has 0 aliphatic rings. The summed E-state index contributed by atoms with van der Waals surface area (Å²) in [4.78, 5) is 20.4. The summed E-state index contributed by atoms with van der Waals surface area (Å²) >= 11 is 1.45. The number of aromatic nitrogens is 3. The first-order valence-electron chi connectivity index (χ1n) is 12.0. The van der Waals surface area contributed by atoms with Gasteiger partial charge in [-0.2, -0.15) is 4.52 Å². The molecule has 2 N–H and O–H groups in total. The van der Waals surface area contributed by atoms with Crippen molar-refractivity contribution in [1.29, 1.82) is 0 Å². The first-order valence-corrected chi connectivity index (χ1v) is 12.8. The normalized spacial score (nSPS) is 11.5. The van der Waals surface area contributed by atoms with Gasteiger partial charge in [-0.15, -0.1) is 5.10 Å². The Morgan fingerprint density at radius 1 is 1.17 bits per heavy atom. The molecule has 0 fully saturated rings. The van der Waals surface area contributed by atoms with Crippen LogP contribution in [0.2, 0.25) is 0 Å². The van der Waals surface area contributed by atoms with Crippen LogP contribution in [0.5, 0.6) is 5.75 Å². The fourth-order valence-electron chi connectivity index (χ4n) is 3.97. The number of anilines is 3. The highest BCUT2D eigenvalue weighted by Crippen LogP contribution is 2.35. The molecule has 2 heterocycles. The Kier molecular flexibility index (Phi) is 7.21. The largest absolute Gasteiger partial charge is 0.497 e. The number of amides is 1. The summed E-state index contributed by atoms with van der Waals surface area (Å²) in [7, 11) is 3.53. The molecule has 0 saturated carbocycles. The lowest BCUT2D eigenvalue weighted by Crippen LogP contribution is -2.30. The highest BCUT2D eigenvalue weighted by Gasteiger charge is 2.23. The van der Waals surface area contributed by atoms with E-state index in [0.717, 1.165) is 51.0 Å². The highest BCUT2D eigenvalue weighted by atomic mass is 32.1. The van der Waals surface area contributed by atoms with Gasteiger partial charge in [0.25, 0.3) is 0 Å². The molecule has 2 aromatic heterocycles. The molecular formula is C27H34N6O2S. The van der Waals surface area contributed by atoms with E-state index < -0.39 is 0 Å². The molecule has 9 heteroatoms. The molecule has 0 saturated heterocycles. The smallest absolute Gasteiger partial charge is 0.243 e. The zero-order valence-electron chi connectivity index (χ0n) is 22.0. The maximum atomic E-state index is 12.9. The van der Waals surface area contributed by atoms with Crippen molar-refractivity contribution in [2.45, 2.75) is 46.6 Å². The fraction of sp³-hybridized carbons (Fsp3) is 0.370. The minimum Gasteiger partial charge on any atom is -0.497 e. The second-order valence-corrected chi connectivity index (χ2v) is 10.8. The number of fused-ring (bicyclic) bond motifs is 1. The molecule has 0 radical (unpaired) electrons. The molecule has 4 rings (SSSR count). The minimum absolute atomic E-state index is 0.0821. The predicted molar refractivity (Wildman–Crippen MR) is 149 cm³/mol. The number of para-hydroxylation sites is 1. The van der Waals surface area contributed by atoms with Gasteiger partial charge < -0.3 is 20.3 Å². The number of likely N-dealkylation sites (N-methyl/N-ethyl adjacent to an activating group) is 1. The summed E-state index contributed by atoms with van der Waals surface area (Å²) in [5.41, 5.74) is 4.68. The topological polar surface area (TPSA) is 83.8 Å². The van der Waals surface area contributed by atoms with Crippen molar-refractivity contribution in [3.63, 3.8) is 0 Å². The summed E-state index contributed by atoms with van der Waals surface area (Å²) in [5, 5.41) is 12.2. The number of nitrogens with one attached hydrogen (secondary N) is 2. The van der Waals surface area contributed by atoms with Gasteiger partial charge in [-0.05, 0) is 69.5 Å². The van der Waals surface area contributed by atoms with Gasteiger partial charge in [0.05, 0.1) is 13.7 Å². The summed E-state index contributed by atoms with van der Waals surface area (Å²) in [6.07, 6.45) is 0.858. The van der Waals surface area contributed by atoms with Gasteiger partial charge in [0, 0.05) is 23.8 Å². The maximum Gasteiger partial charge on any atom is 0.243 e. The van der Waals surface area contributed by atoms with Crippen molar-refractivity contribution in [1.82, 2.24) is 14.6 Å². The van der Waals surface area contributed by atoms with Gasteiger partial charge in [0.1, 0.15) is 11.4 Å². The van der Waals surface area contributed by atoms with E-state index in [1.165, 1.54) is 11.3 Å². The summed E-state index contributed by atoms with van der Waals surface area (Å²) in [5.74, 6) is 1.53. The number of hydrogen-bond donors (Lipinski definition) is 2. The monoisotopic (exact) mass is 506 g/mol. The number of aryl methyl sites for hydroxylation is 2. The van der Waals surface area contributed by atoms with Crippen LogP contribution in [0.1, 0.15) is 38.8 Å². The van der Waals surface area contributed by atoms with Crippen molar-refractivity contribution >= 4 is 38.8 Å². The fourth-order valence-corrected chi connectivity index (χ4v) is 4.84. The van der Waals surface area contributed by atoms with Crippen molar-refractivity contribution in [2.75, 3.05) is 36.2 Å². The van der Waals surface area contributed by atoms with Gasteiger partial charge in [-0.3, -0.25) is 4.79 Å². The van der Waals surface area contributed by atoms with Crippen LogP contribution in [-0.4, -0.2) is 46.7 Å². The zero-order chi connectivity index (χ0) is 26.0. The number of carbonyl (C=O) groups is 1. The van der Waals surface area contributed by atoms with Crippen LogP contribution in [0.15, 0.2) is 42.5 Å². The molecular weight excluding hydrogens is 472 g/mol. The van der Waals surface area contributed by atoms with E-state index in [9.17, 15) is 4.79 Å². The number of benzene rings is 2. The summed E-state index contributed by atoms with van der Waals surface area (Å²) in [6, 6.07) is 13.9. The quantitative estimate of drug-likeness (QED) is 0.323. The minimum atomic E-state index is -0.197. The van der Waals surface area contributed by atoms with E-state index >= 15 is 0 Å². The number of imidazole rings is 1. The Labute approximate surface area is 216 Å². The second-order valence-electron chi connectivity index (χ2n) is 9.86. The molecule has 0 unspecified atom stereocenters. The number of nitrogens with zero attached hydrogens (tertiary/aromatic N) is 4. The molecule has 8 nitrogen and oxygen atoms in total. The summed E-state index contributed by atoms with van der Waals surface area (Å²) < 4.78 is 7.13. The lowest BCUT2D eigenvalue weighted by molar-refractivity contribution is -0.114. The second kappa shape index (κ2) is 10.2. The lowest BCUT2D eigenvalue weighted by atomic mass is 10.1. The van der Waals surface area contributed by atoms with Crippen LogP contribution in [0, 0.1) is 6.92 Å². The number of ether oxygens (including phenoxy) is 1. The standard InChI is InChI=1S/C27H34N6O2S/c1-8-18-11-9-10-17(2)22(18)28-21(34)16-32(6)26-31-33-24(30-27(3,4)5)23(29-25(33)36-26)19-12-14-20(35-7)15-13-19/h9-15,30H,8,16H2,1-7H3,(H,28,34). The average Bonchev–Trinajstić information content (AvgIpc) is 3.39. The lowest BCUT2D eigenvalue weighted by Gasteiger charge is -2.22. The first kappa shape index (κ1) is 25.5. The van der Waals surface area contributed by atoms with Crippen LogP contribution in [0.25, 0.3) is 16.2 Å². The Morgan fingerprint density at radius 3 is 2.53 bits per heavy atom. The SMILES string of the molecule is CCc1cccc(C)c1NC(=O)CN(C)c1nn2c(NC(C)(C)C)c(-c3ccc(OC)cc3)nc2s1. The Balaban J connectivity index is 1.60. The van der Waals surface area contributed by atoms with E-state index in [1.54, 1.807) is 7.11 Å². The number of hydrogen-bond acceptors (Lipinski definition) is 7. The van der Waals surface area contributed by atoms with E-state index in [1.807, 2.05) is 65.9 Å². The molecule has 1 amide bonds. The first-order chi connectivity index (χ1) is 17.1. The molecule has 0 aliphatic carbocycles. The van der Waals surface area contributed by atoms with Crippen molar-refractivity contribution < 1.29 is 9.53 Å².